The molecule has 1 fully saturated rings. The SMILES string of the molecule is COCCOc1ccc(S(=O)(=O)N2CCCC(C(=O)NCCN)C2)cc1.Cl. The van der Waals surface area contributed by atoms with E-state index in [0.717, 1.165) is 0 Å². The number of carbonyl (C=O) groups is 1. The van der Waals surface area contributed by atoms with Gasteiger partial charge < -0.3 is 20.5 Å². The number of nitrogens with one attached hydrogen (secondary N) is 1. The van der Waals surface area contributed by atoms with Gasteiger partial charge in [-0.05, 0) is 37.1 Å². The van der Waals surface area contributed by atoms with Crippen LogP contribution in [0, 0.1) is 5.92 Å². The zero-order valence-electron chi connectivity index (χ0n) is 15.4. The minimum atomic E-state index is -3.64. The lowest BCUT2D eigenvalue weighted by Crippen LogP contribution is -2.46. The van der Waals surface area contributed by atoms with Crippen LogP contribution >= 0.6 is 12.4 Å². The van der Waals surface area contributed by atoms with Crippen molar-refractivity contribution < 1.29 is 22.7 Å². The topological polar surface area (TPSA) is 111 Å². The molecule has 0 bridgehead atoms. The standard InChI is InChI=1S/C17H27N3O5S.ClH/c1-24-11-12-25-15-4-6-16(7-5-15)26(22,23)20-10-2-3-14(13-20)17(21)19-9-8-18;/h4-7,14H,2-3,8-13,18H2,1H3,(H,19,21);1H. The van der Waals surface area contributed by atoms with Gasteiger partial charge in [-0.2, -0.15) is 4.31 Å². The second kappa shape index (κ2) is 11.5. The smallest absolute Gasteiger partial charge is 0.243 e. The maximum atomic E-state index is 12.9. The Morgan fingerprint density at radius 2 is 2.00 bits per heavy atom. The molecule has 3 N–H and O–H groups in total. The number of benzene rings is 1. The molecule has 0 radical (unpaired) electrons. The normalized spacial score (nSPS) is 17.8. The summed E-state index contributed by atoms with van der Waals surface area (Å²) in [5.74, 6) is 0.0950. The van der Waals surface area contributed by atoms with E-state index < -0.39 is 10.0 Å². The highest BCUT2D eigenvalue weighted by molar-refractivity contribution is 7.89. The van der Waals surface area contributed by atoms with Gasteiger partial charge in [0.2, 0.25) is 15.9 Å². The van der Waals surface area contributed by atoms with Gasteiger partial charge in [0, 0.05) is 33.3 Å². The van der Waals surface area contributed by atoms with Crippen LogP contribution in [0.15, 0.2) is 29.2 Å². The molecule has 1 atom stereocenters. The molecule has 0 spiro atoms. The summed E-state index contributed by atoms with van der Waals surface area (Å²) >= 11 is 0. The number of hydrogen-bond acceptors (Lipinski definition) is 6. The minimum absolute atomic E-state index is 0. The number of nitrogens with two attached hydrogens (primary N) is 1. The molecule has 1 aliphatic heterocycles. The van der Waals surface area contributed by atoms with Crippen LogP contribution in [0.25, 0.3) is 0 Å². The fourth-order valence-corrected chi connectivity index (χ4v) is 4.34. The van der Waals surface area contributed by atoms with Crippen LogP contribution in [0.2, 0.25) is 0 Å². The van der Waals surface area contributed by atoms with Crippen LogP contribution in [0.5, 0.6) is 5.75 Å². The summed E-state index contributed by atoms with van der Waals surface area (Å²) in [5, 5.41) is 2.73. The predicted molar refractivity (Wildman–Crippen MR) is 105 cm³/mol. The Bertz CT molecular complexity index is 684. The fraction of sp³-hybridized carbons (Fsp3) is 0.588. The van der Waals surface area contributed by atoms with Crippen LogP contribution in [0.1, 0.15) is 12.8 Å². The first-order valence-electron chi connectivity index (χ1n) is 8.68. The maximum Gasteiger partial charge on any atom is 0.243 e. The quantitative estimate of drug-likeness (QED) is 0.565. The second-order valence-electron chi connectivity index (χ2n) is 6.09. The van der Waals surface area contributed by atoms with Crippen LogP contribution in [-0.4, -0.2) is 65.1 Å². The predicted octanol–water partition coefficient (Wildman–Crippen LogP) is 0.609. The number of ether oxygens (including phenoxy) is 2. The minimum Gasteiger partial charge on any atom is -0.491 e. The Morgan fingerprint density at radius 3 is 2.63 bits per heavy atom. The van der Waals surface area contributed by atoms with E-state index in [2.05, 4.69) is 5.32 Å². The first-order chi connectivity index (χ1) is 12.5. The molecule has 27 heavy (non-hydrogen) atoms. The van der Waals surface area contributed by atoms with E-state index in [1.54, 1.807) is 19.2 Å². The highest BCUT2D eigenvalue weighted by Crippen LogP contribution is 2.25. The van der Waals surface area contributed by atoms with E-state index in [-0.39, 0.29) is 35.7 Å². The molecule has 0 aromatic heterocycles. The summed E-state index contributed by atoms with van der Waals surface area (Å²) in [6.45, 7) is 2.21. The van der Waals surface area contributed by atoms with Gasteiger partial charge in [0.1, 0.15) is 12.4 Å². The van der Waals surface area contributed by atoms with Crippen molar-refractivity contribution in [1.82, 2.24) is 9.62 Å². The average Bonchev–Trinajstić information content (AvgIpc) is 2.67. The maximum absolute atomic E-state index is 12.9. The fourth-order valence-electron chi connectivity index (χ4n) is 2.81. The van der Waals surface area contributed by atoms with Crippen molar-refractivity contribution in [3.8, 4) is 5.75 Å². The highest BCUT2D eigenvalue weighted by atomic mass is 35.5. The molecule has 10 heteroatoms. The number of piperidine rings is 1. The van der Waals surface area contributed by atoms with Crippen molar-refractivity contribution in [2.24, 2.45) is 11.7 Å². The van der Waals surface area contributed by atoms with E-state index in [4.69, 9.17) is 15.2 Å². The van der Waals surface area contributed by atoms with Crippen LogP contribution in [0.4, 0.5) is 0 Å². The number of methoxy groups -OCH3 is 1. The molecule has 1 amide bonds. The number of sulfonamides is 1. The van der Waals surface area contributed by atoms with Crippen molar-refractivity contribution in [1.29, 1.82) is 0 Å². The Kier molecular flexibility index (Phi) is 10.0. The van der Waals surface area contributed by atoms with Gasteiger partial charge in [-0.1, -0.05) is 0 Å². The first kappa shape index (κ1) is 23.6. The van der Waals surface area contributed by atoms with Gasteiger partial charge in [-0.3, -0.25) is 4.79 Å². The Balaban J connectivity index is 0.00000364. The van der Waals surface area contributed by atoms with E-state index in [1.807, 2.05) is 0 Å². The zero-order valence-corrected chi connectivity index (χ0v) is 17.1. The lowest BCUT2D eigenvalue weighted by Gasteiger charge is -2.31. The summed E-state index contributed by atoms with van der Waals surface area (Å²) in [6.07, 6.45) is 1.33. The second-order valence-corrected chi connectivity index (χ2v) is 8.03. The molecule has 1 unspecified atom stereocenters. The summed E-state index contributed by atoms with van der Waals surface area (Å²) in [4.78, 5) is 12.3. The number of nitrogens with zero attached hydrogens (tertiary/aromatic N) is 1. The van der Waals surface area contributed by atoms with Gasteiger partial charge in [-0.15, -0.1) is 12.4 Å². The zero-order chi connectivity index (χ0) is 19.0. The molecule has 0 saturated carbocycles. The third kappa shape index (κ3) is 6.62. The first-order valence-corrected chi connectivity index (χ1v) is 10.1. The van der Waals surface area contributed by atoms with Gasteiger partial charge >= 0.3 is 0 Å². The molecule has 1 aromatic carbocycles. The number of carbonyl (C=O) groups excluding carboxylic acids is 1. The third-order valence-corrected chi connectivity index (χ3v) is 6.10. The molecular weight excluding hydrogens is 394 g/mol. The lowest BCUT2D eigenvalue weighted by molar-refractivity contribution is -0.126. The van der Waals surface area contributed by atoms with Crippen LogP contribution in [0.3, 0.4) is 0 Å². The molecule has 1 heterocycles. The molecule has 1 aromatic rings. The lowest BCUT2D eigenvalue weighted by atomic mass is 9.99. The van der Waals surface area contributed by atoms with Gasteiger partial charge in [-0.25, -0.2) is 8.42 Å². The van der Waals surface area contributed by atoms with Gasteiger partial charge in [0.15, 0.2) is 0 Å². The van der Waals surface area contributed by atoms with E-state index >= 15 is 0 Å². The molecular formula is C17H28ClN3O5S. The average molecular weight is 422 g/mol. The largest absolute Gasteiger partial charge is 0.491 e. The molecule has 1 saturated heterocycles. The van der Waals surface area contributed by atoms with Gasteiger partial charge in [0.25, 0.3) is 0 Å². The molecule has 2 rings (SSSR count). The highest BCUT2D eigenvalue weighted by Gasteiger charge is 2.33. The Labute approximate surface area is 166 Å². The third-order valence-electron chi connectivity index (χ3n) is 4.22. The number of hydrogen-bond donors (Lipinski definition) is 2. The summed E-state index contributed by atoms with van der Waals surface area (Å²) in [6, 6.07) is 6.29. The van der Waals surface area contributed by atoms with Crippen molar-refractivity contribution in [3.63, 3.8) is 0 Å². The number of rotatable bonds is 9. The molecule has 8 nitrogen and oxygen atoms in total. The number of amides is 1. The van der Waals surface area contributed by atoms with Crippen LogP contribution in [-0.2, 0) is 19.6 Å². The van der Waals surface area contributed by atoms with E-state index in [1.165, 1.54) is 16.4 Å². The summed E-state index contributed by atoms with van der Waals surface area (Å²) in [7, 11) is -2.06. The molecule has 0 aliphatic carbocycles. The number of halogens is 1. The molecule has 154 valence electrons. The van der Waals surface area contributed by atoms with Crippen molar-refractivity contribution in [3.05, 3.63) is 24.3 Å². The van der Waals surface area contributed by atoms with E-state index in [9.17, 15) is 13.2 Å². The van der Waals surface area contributed by atoms with Crippen LogP contribution < -0.4 is 15.8 Å². The van der Waals surface area contributed by atoms with Crippen molar-refractivity contribution in [2.45, 2.75) is 17.7 Å². The van der Waals surface area contributed by atoms with E-state index in [0.29, 0.717) is 51.4 Å². The van der Waals surface area contributed by atoms with Crippen molar-refractivity contribution in [2.75, 3.05) is 46.5 Å². The Morgan fingerprint density at radius 1 is 1.30 bits per heavy atom. The molecule has 1 aliphatic rings. The Hall–Kier alpha value is -1.39. The monoisotopic (exact) mass is 421 g/mol. The van der Waals surface area contributed by atoms with Gasteiger partial charge in [0.05, 0.1) is 17.4 Å². The van der Waals surface area contributed by atoms with Crippen molar-refractivity contribution >= 4 is 28.3 Å². The summed E-state index contributed by atoms with van der Waals surface area (Å²) < 4.78 is 37.4. The summed E-state index contributed by atoms with van der Waals surface area (Å²) in [5.41, 5.74) is 5.39.